The molecule has 4 aliphatic rings. The number of nitrogens with one attached hydrogen (secondary N) is 6. The highest BCUT2D eigenvalue weighted by Crippen LogP contribution is 2.46. The van der Waals surface area contributed by atoms with E-state index < -0.39 is 0 Å². The maximum absolute atomic E-state index is 6.65. The van der Waals surface area contributed by atoms with Crippen LogP contribution in [0.25, 0.3) is 0 Å². The molecule has 0 saturated carbocycles. The first-order chi connectivity index (χ1) is 51.3. The van der Waals surface area contributed by atoms with Gasteiger partial charge in [0.1, 0.15) is 0 Å². The predicted octanol–water partition coefficient (Wildman–Crippen LogP) is 22.9. The summed E-state index contributed by atoms with van der Waals surface area (Å²) in [6, 6.07) is 0.312. The van der Waals surface area contributed by atoms with E-state index in [0.717, 1.165) is 181 Å². The molecule has 0 bridgehead atoms. The van der Waals surface area contributed by atoms with Gasteiger partial charge in [0.15, 0.2) is 0 Å². The Hall–Kier alpha value is -3.50. The summed E-state index contributed by atoms with van der Waals surface area (Å²) in [7, 11) is 0. The summed E-state index contributed by atoms with van der Waals surface area (Å²) in [5.41, 5.74) is -0.795. The molecule has 108 heavy (non-hydrogen) atoms. The third-order valence-electron chi connectivity index (χ3n) is 23.7. The second-order valence-corrected chi connectivity index (χ2v) is 38.9. The van der Waals surface area contributed by atoms with Crippen LogP contribution >= 0.6 is 0 Å². The monoisotopic (exact) mass is 1520 g/mol. The molecule has 0 atom stereocenters. The van der Waals surface area contributed by atoms with Crippen LogP contribution in [0, 0.1) is 11.8 Å². The van der Waals surface area contributed by atoms with Crippen molar-refractivity contribution in [3.63, 3.8) is 0 Å². The van der Waals surface area contributed by atoms with Gasteiger partial charge in [-0.1, -0.05) is 195 Å². The lowest BCUT2D eigenvalue weighted by Gasteiger charge is -2.54. The van der Waals surface area contributed by atoms with Gasteiger partial charge in [0, 0.05) is 82.6 Å². The molecule has 6 heterocycles. The Labute approximate surface area is 662 Å². The van der Waals surface area contributed by atoms with E-state index >= 15 is 0 Å². The zero-order valence-corrected chi connectivity index (χ0v) is 73.8. The SMILES string of the molecule is CCCCCCCCON1C(C)(C)CC(CCCCNc2nc(NCCCCCCNc3nc(NCCCCC4CC(C)(C)N(OCCCCCCCC)C(C)(C)C4)nc(NC4CC(C)(C)N(OCCCCCCCC)C(C)(C)C4)n3)nc(NC3CC(C)(C)N(OCCCCCCCC)C(C)(C)C3)n2)CC1(C)C. The topological polar surface area (TPSA) is 199 Å². The number of rotatable bonds is 57. The fourth-order valence-electron chi connectivity index (χ4n) is 19.7. The van der Waals surface area contributed by atoms with Crippen LogP contribution in [0.1, 0.15) is 408 Å². The molecular weight excluding hydrogens is 1350 g/mol. The van der Waals surface area contributed by atoms with E-state index in [2.05, 4.69) is 191 Å². The van der Waals surface area contributed by atoms with Crippen LogP contribution in [0.2, 0.25) is 0 Å². The molecule has 4 fully saturated rings. The Balaban J connectivity index is 1.04. The quantitative estimate of drug-likeness (QED) is 0.0341. The van der Waals surface area contributed by atoms with Crippen molar-refractivity contribution in [3.05, 3.63) is 0 Å². The van der Waals surface area contributed by atoms with Crippen LogP contribution in [0.15, 0.2) is 0 Å². The first-order valence-electron chi connectivity index (χ1n) is 45.1. The van der Waals surface area contributed by atoms with E-state index in [1.54, 1.807) is 0 Å². The van der Waals surface area contributed by atoms with Crippen molar-refractivity contribution in [2.45, 2.75) is 465 Å². The maximum atomic E-state index is 6.65. The Bertz CT molecular complexity index is 2490. The van der Waals surface area contributed by atoms with Crippen LogP contribution < -0.4 is 31.9 Å². The largest absolute Gasteiger partial charge is 0.354 e. The molecule has 20 nitrogen and oxygen atoms in total. The molecule has 4 saturated heterocycles. The molecule has 2 aromatic rings. The van der Waals surface area contributed by atoms with Gasteiger partial charge in [0.2, 0.25) is 35.7 Å². The molecule has 2 aromatic heterocycles. The van der Waals surface area contributed by atoms with Crippen molar-refractivity contribution in [2.24, 2.45) is 11.8 Å². The van der Waals surface area contributed by atoms with Gasteiger partial charge < -0.3 is 31.9 Å². The highest BCUT2D eigenvalue weighted by Gasteiger charge is 2.50. The summed E-state index contributed by atoms with van der Waals surface area (Å²) in [6.07, 6.45) is 49.4. The van der Waals surface area contributed by atoms with Crippen molar-refractivity contribution >= 4 is 35.7 Å². The normalized spacial score (nSPS) is 20.4. The number of nitrogens with zero attached hydrogens (tertiary/aromatic N) is 10. The fraction of sp³-hybridized carbons (Fsp3) is 0.932. The van der Waals surface area contributed by atoms with Gasteiger partial charge in [-0.2, -0.15) is 50.2 Å². The van der Waals surface area contributed by atoms with Crippen LogP contribution in [0.3, 0.4) is 0 Å². The minimum atomic E-state index is -0.187. The predicted molar refractivity (Wildman–Crippen MR) is 456 cm³/mol. The second-order valence-electron chi connectivity index (χ2n) is 38.9. The zero-order chi connectivity index (χ0) is 78.8. The number of anilines is 6. The standard InChI is InChI=1S/C88H170N16O4/c1-21-25-29-33-39-49-59-105-101-81(5,6)63-71(64-82(101,7)8)53-43-47-57-91-77-95-75(97-79(99-77)93-73-67-85(13,14)103(86(15,16)68-73)107-61-51-41-35-31-27-23-3)89-55-45-37-38-46-56-90-76-96-78(92-58-48-44-54-72-65-83(9,10)102(84(11,12)66-72)106-60-50-40-34-30-26-22-2)100-80(98-76)94-74-69-87(17,18)104(88(19,20)70-74)108-62-52-42-36-32-28-24-4/h71-74H,21-70H2,1-20H3,(H3,89,91,93,95,97,99)(H3,90,92,94,96,98,100). The molecule has 6 N–H and O–H groups in total. The minimum absolute atomic E-state index is 0.0116. The summed E-state index contributed by atoms with van der Waals surface area (Å²) in [6.45, 7) is 53.1. The summed E-state index contributed by atoms with van der Waals surface area (Å²) in [5, 5.41) is 31.5. The summed E-state index contributed by atoms with van der Waals surface area (Å²) in [5.74, 6) is 4.99. The number of hydrogen-bond acceptors (Lipinski definition) is 20. The average Bonchev–Trinajstić information content (AvgIpc) is 0.789. The minimum Gasteiger partial charge on any atom is -0.354 e. The molecule has 0 unspecified atom stereocenters. The summed E-state index contributed by atoms with van der Waals surface area (Å²) in [4.78, 5) is 56.8. The average molecular weight is 1520 g/mol. The fourth-order valence-corrected chi connectivity index (χ4v) is 19.7. The second kappa shape index (κ2) is 46.8. The van der Waals surface area contributed by atoms with Gasteiger partial charge >= 0.3 is 0 Å². The van der Waals surface area contributed by atoms with Gasteiger partial charge in [-0.05, 0) is 225 Å². The van der Waals surface area contributed by atoms with Crippen molar-refractivity contribution in [1.82, 2.24) is 50.2 Å². The molecular formula is C88H170N16O4. The Morgan fingerprint density at radius 2 is 0.444 bits per heavy atom. The Morgan fingerprint density at radius 1 is 0.250 bits per heavy atom. The first kappa shape index (κ1) is 93.4. The number of hydrogen-bond donors (Lipinski definition) is 6. The molecule has 4 aliphatic heterocycles. The molecule has 0 amide bonds. The van der Waals surface area contributed by atoms with Gasteiger partial charge in [0.25, 0.3) is 0 Å². The van der Waals surface area contributed by atoms with E-state index in [1.165, 1.54) is 141 Å². The van der Waals surface area contributed by atoms with E-state index in [0.29, 0.717) is 47.5 Å². The van der Waals surface area contributed by atoms with E-state index in [1.807, 2.05) is 0 Å². The van der Waals surface area contributed by atoms with Gasteiger partial charge in [-0.15, -0.1) is 0 Å². The number of aromatic nitrogens is 6. The van der Waals surface area contributed by atoms with Crippen molar-refractivity contribution in [3.8, 4) is 0 Å². The van der Waals surface area contributed by atoms with E-state index in [-0.39, 0.29) is 56.4 Å². The van der Waals surface area contributed by atoms with Gasteiger partial charge in [-0.25, -0.2) is 0 Å². The highest BCUT2D eigenvalue weighted by atomic mass is 16.7. The Kier molecular flexibility index (Phi) is 40.4. The van der Waals surface area contributed by atoms with Crippen LogP contribution in [-0.4, -0.2) is 159 Å². The lowest BCUT2D eigenvalue weighted by molar-refractivity contribution is -0.288. The highest BCUT2D eigenvalue weighted by molar-refractivity contribution is 5.44. The van der Waals surface area contributed by atoms with Crippen LogP contribution in [0.4, 0.5) is 35.7 Å². The van der Waals surface area contributed by atoms with Crippen molar-refractivity contribution in [1.29, 1.82) is 0 Å². The third-order valence-corrected chi connectivity index (χ3v) is 23.7. The number of piperidine rings is 4. The summed E-state index contributed by atoms with van der Waals surface area (Å²) >= 11 is 0. The lowest BCUT2D eigenvalue weighted by atomic mass is 9.73. The van der Waals surface area contributed by atoms with Crippen LogP contribution in [-0.2, 0) is 19.4 Å². The zero-order valence-electron chi connectivity index (χ0n) is 73.8. The lowest BCUT2D eigenvalue weighted by Crippen LogP contribution is -2.62. The van der Waals surface area contributed by atoms with Gasteiger partial charge in [0.05, 0.1) is 26.4 Å². The number of unbranched alkanes of at least 4 members (excludes halogenated alkanes) is 25. The molecule has 0 radical (unpaired) electrons. The molecule has 20 heteroatoms. The summed E-state index contributed by atoms with van der Waals surface area (Å²) < 4.78 is 0. The number of hydroxylamine groups is 8. The van der Waals surface area contributed by atoms with Gasteiger partial charge in [-0.3, -0.25) is 19.4 Å². The molecule has 0 spiro atoms. The Morgan fingerprint density at radius 3 is 0.685 bits per heavy atom. The smallest absolute Gasteiger partial charge is 0.229 e. The van der Waals surface area contributed by atoms with Crippen molar-refractivity contribution < 1.29 is 19.4 Å². The molecule has 0 aliphatic carbocycles. The maximum Gasteiger partial charge on any atom is 0.229 e. The van der Waals surface area contributed by atoms with E-state index in [4.69, 9.17) is 49.3 Å². The van der Waals surface area contributed by atoms with Crippen molar-refractivity contribution in [2.75, 3.05) is 84.5 Å². The molecule has 6 rings (SSSR count). The third kappa shape index (κ3) is 32.8. The first-order valence-corrected chi connectivity index (χ1v) is 45.1. The van der Waals surface area contributed by atoms with Crippen LogP contribution in [0.5, 0.6) is 0 Å². The molecule has 626 valence electrons. The molecule has 0 aromatic carbocycles. The van der Waals surface area contributed by atoms with E-state index in [9.17, 15) is 0 Å².